The quantitative estimate of drug-likeness (QED) is 0.711. The fraction of sp³-hybridized carbons (Fsp3) is 0.600. The van der Waals surface area contributed by atoms with E-state index in [9.17, 15) is 4.79 Å². The molecule has 1 N–H and O–H groups in total. The number of thiazole rings is 1. The molecule has 1 fully saturated rings. The molecule has 1 saturated heterocycles. The van der Waals surface area contributed by atoms with Crippen molar-refractivity contribution in [1.29, 1.82) is 0 Å². The van der Waals surface area contributed by atoms with Crippen molar-refractivity contribution in [2.75, 3.05) is 32.8 Å². The third-order valence-electron chi connectivity index (χ3n) is 5.24. The molecule has 27 heavy (non-hydrogen) atoms. The molecule has 1 amide bonds. The van der Waals surface area contributed by atoms with Crippen LogP contribution in [-0.2, 0) is 16.0 Å². The van der Waals surface area contributed by atoms with Gasteiger partial charge in [0.25, 0.3) is 0 Å². The second-order valence-electron chi connectivity index (χ2n) is 6.89. The SMILES string of the molecule is CCC(CC)C(CNC(=O)Cc1csc(-c2ccco2)n1)N1CCOCC1. The van der Waals surface area contributed by atoms with Crippen LogP contribution in [-0.4, -0.2) is 54.7 Å². The summed E-state index contributed by atoms with van der Waals surface area (Å²) in [5.41, 5.74) is 0.786. The Labute approximate surface area is 164 Å². The molecule has 7 heteroatoms. The Hall–Kier alpha value is -1.70. The molecule has 3 rings (SSSR count). The van der Waals surface area contributed by atoms with Crippen LogP contribution < -0.4 is 5.32 Å². The number of nitrogens with zero attached hydrogens (tertiary/aromatic N) is 2. The highest BCUT2D eigenvalue weighted by molar-refractivity contribution is 7.13. The Kier molecular flexibility index (Phi) is 7.43. The number of hydrogen-bond acceptors (Lipinski definition) is 6. The number of amides is 1. The number of carbonyl (C=O) groups excluding carboxylic acids is 1. The van der Waals surface area contributed by atoms with Crippen LogP contribution in [0.3, 0.4) is 0 Å². The van der Waals surface area contributed by atoms with Gasteiger partial charge >= 0.3 is 0 Å². The molecule has 0 aliphatic carbocycles. The standard InChI is InChI=1S/C20H29N3O3S/c1-3-15(4-2)17(23-7-10-25-11-8-23)13-21-19(24)12-16-14-27-20(22-16)18-6-5-9-26-18/h5-6,9,14-15,17H,3-4,7-8,10-13H2,1-2H3,(H,21,24). The zero-order chi connectivity index (χ0) is 19.1. The highest BCUT2D eigenvalue weighted by atomic mass is 32.1. The predicted molar refractivity (Wildman–Crippen MR) is 107 cm³/mol. The van der Waals surface area contributed by atoms with Crippen LogP contribution in [0.25, 0.3) is 10.8 Å². The van der Waals surface area contributed by atoms with Gasteiger partial charge in [-0.25, -0.2) is 4.98 Å². The van der Waals surface area contributed by atoms with Crippen molar-refractivity contribution in [3.8, 4) is 10.8 Å². The molecule has 148 valence electrons. The largest absolute Gasteiger partial charge is 0.462 e. The molecule has 1 aliphatic heterocycles. The second-order valence-corrected chi connectivity index (χ2v) is 7.75. The van der Waals surface area contributed by atoms with Crippen molar-refractivity contribution in [2.24, 2.45) is 5.92 Å². The number of ether oxygens (including phenoxy) is 1. The topological polar surface area (TPSA) is 67.6 Å². The van der Waals surface area contributed by atoms with Crippen molar-refractivity contribution in [3.05, 3.63) is 29.5 Å². The van der Waals surface area contributed by atoms with Crippen LogP contribution in [0.1, 0.15) is 32.4 Å². The van der Waals surface area contributed by atoms with E-state index in [1.54, 1.807) is 6.26 Å². The molecule has 3 heterocycles. The molecule has 0 spiro atoms. The fourth-order valence-electron chi connectivity index (χ4n) is 3.68. The van der Waals surface area contributed by atoms with E-state index < -0.39 is 0 Å². The van der Waals surface area contributed by atoms with E-state index in [2.05, 4.69) is 29.0 Å². The monoisotopic (exact) mass is 391 g/mol. The highest BCUT2D eigenvalue weighted by Crippen LogP contribution is 2.24. The van der Waals surface area contributed by atoms with Crippen LogP contribution >= 0.6 is 11.3 Å². The van der Waals surface area contributed by atoms with Gasteiger partial charge in [0.15, 0.2) is 10.8 Å². The second kappa shape index (κ2) is 10.0. The van der Waals surface area contributed by atoms with E-state index in [0.29, 0.717) is 24.9 Å². The van der Waals surface area contributed by atoms with Gasteiger partial charge in [-0.3, -0.25) is 9.69 Å². The molecule has 1 atom stereocenters. The molecule has 0 radical (unpaired) electrons. The molecule has 0 saturated carbocycles. The third kappa shape index (κ3) is 5.40. The minimum Gasteiger partial charge on any atom is -0.462 e. The van der Waals surface area contributed by atoms with Gasteiger partial charge in [0.1, 0.15) is 0 Å². The van der Waals surface area contributed by atoms with Crippen LogP contribution in [0.15, 0.2) is 28.2 Å². The minimum atomic E-state index is 0.0236. The van der Waals surface area contributed by atoms with E-state index in [0.717, 1.165) is 55.6 Å². The van der Waals surface area contributed by atoms with Crippen molar-refractivity contribution in [1.82, 2.24) is 15.2 Å². The lowest BCUT2D eigenvalue weighted by Crippen LogP contribution is -2.52. The summed E-state index contributed by atoms with van der Waals surface area (Å²) < 4.78 is 10.9. The summed E-state index contributed by atoms with van der Waals surface area (Å²) in [7, 11) is 0. The first-order chi connectivity index (χ1) is 13.2. The lowest BCUT2D eigenvalue weighted by Gasteiger charge is -2.38. The Morgan fingerprint density at radius 3 is 2.78 bits per heavy atom. The van der Waals surface area contributed by atoms with Crippen LogP contribution in [0.4, 0.5) is 0 Å². The predicted octanol–water partition coefficient (Wildman–Crippen LogP) is 3.20. The van der Waals surface area contributed by atoms with Gasteiger partial charge in [0.2, 0.25) is 5.91 Å². The number of aromatic nitrogens is 1. The zero-order valence-electron chi connectivity index (χ0n) is 16.1. The summed E-state index contributed by atoms with van der Waals surface area (Å²) in [6.07, 6.45) is 4.17. The molecule has 0 aromatic carbocycles. The van der Waals surface area contributed by atoms with Gasteiger partial charge in [0.05, 0.1) is 31.6 Å². The smallest absolute Gasteiger partial charge is 0.226 e. The minimum absolute atomic E-state index is 0.0236. The lowest BCUT2D eigenvalue weighted by molar-refractivity contribution is -0.121. The Bertz CT molecular complexity index is 691. The number of hydrogen-bond donors (Lipinski definition) is 1. The molecular formula is C20H29N3O3S. The highest BCUT2D eigenvalue weighted by Gasteiger charge is 2.27. The van der Waals surface area contributed by atoms with E-state index in [1.165, 1.54) is 11.3 Å². The molecular weight excluding hydrogens is 362 g/mol. The first kappa shape index (κ1) is 20.0. The fourth-order valence-corrected chi connectivity index (χ4v) is 4.47. The van der Waals surface area contributed by atoms with Gasteiger partial charge in [-0.15, -0.1) is 11.3 Å². The molecule has 1 aliphatic rings. The maximum absolute atomic E-state index is 12.5. The van der Waals surface area contributed by atoms with Crippen LogP contribution in [0.2, 0.25) is 0 Å². The number of rotatable bonds is 9. The van der Waals surface area contributed by atoms with Crippen LogP contribution in [0, 0.1) is 5.92 Å². The van der Waals surface area contributed by atoms with E-state index in [1.807, 2.05) is 17.5 Å². The number of morpholine rings is 1. The Morgan fingerprint density at radius 1 is 1.33 bits per heavy atom. The van der Waals surface area contributed by atoms with Crippen molar-refractivity contribution in [2.45, 2.75) is 39.2 Å². The Balaban J connectivity index is 1.55. The molecule has 0 bridgehead atoms. The van der Waals surface area contributed by atoms with Gasteiger partial charge in [-0.1, -0.05) is 26.7 Å². The summed E-state index contributed by atoms with van der Waals surface area (Å²) in [6, 6.07) is 4.08. The van der Waals surface area contributed by atoms with Gasteiger partial charge in [-0.2, -0.15) is 0 Å². The van der Waals surface area contributed by atoms with E-state index in [4.69, 9.17) is 9.15 Å². The van der Waals surface area contributed by atoms with Gasteiger partial charge in [0, 0.05) is 31.1 Å². The normalized spacial score (nSPS) is 16.6. The van der Waals surface area contributed by atoms with Crippen molar-refractivity contribution < 1.29 is 13.9 Å². The third-order valence-corrected chi connectivity index (χ3v) is 6.15. The average Bonchev–Trinajstić information content (AvgIpc) is 3.37. The summed E-state index contributed by atoms with van der Waals surface area (Å²) in [6.45, 7) is 8.58. The number of furan rings is 1. The molecule has 6 nitrogen and oxygen atoms in total. The first-order valence-corrected chi connectivity index (χ1v) is 10.7. The maximum Gasteiger partial charge on any atom is 0.226 e. The van der Waals surface area contributed by atoms with E-state index in [-0.39, 0.29) is 5.91 Å². The van der Waals surface area contributed by atoms with Gasteiger partial charge in [-0.05, 0) is 18.1 Å². The number of carbonyl (C=O) groups is 1. The molecule has 2 aromatic heterocycles. The Morgan fingerprint density at radius 2 is 2.11 bits per heavy atom. The maximum atomic E-state index is 12.5. The summed E-state index contributed by atoms with van der Waals surface area (Å²) in [5, 5.41) is 5.88. The first-order valence-electron chi connectivity index (χ1n) is 9.78. The van der Waals surface area contributed by atoms with E-state index >= 15 is 0 Å². The average molecular weight is 392 g/mol. The zero-order valence-corrected chi connectivity index (χ0v) is 17.0. The van der Waals surface area contributed by atoms with Gasteiger partial charge < -0.3 is 14.5 Å². The summed E-state index contributed by atoms with van der Waals surface area (Å²) in [4.78, 5) is 19.5. The lowest BCUT2D eigenvalue weighted by atomic mass is 9.92. The number of nitrogens with one attached hydrogen (secondary N) is 1. The van der Waals surface area contributed by atoms with Crippen molar-refractivity contribution in [3.63, 3.8) is 0 Å². The molecule has 2 aromatic rings. The van der Waals surface area contributed by atoms with Crippen LogP contribution in [0.5, 0.6) is 0 Å². The molecule has 1 unspecified atom stereocenters. The summed E-state index contributed by atoms with van der Waals surface area (Å²) in [5.74, 6) is 1.34. The van der Waals surface area contributed by atoms with Crippen molar-refractivity contribution >= 4 is 17.2 Å². The summed E-state index contributed by atoms with van der Waals surface area (Å²) >= 11 is 1.50.